The molecule has 0 spiro atoms. The van der Waals surface area contributed by atoms with Gasteiger partial charge in [-0.2, -0.15) is 0 Å². The predicted octanol–water partition coefficient (Wildman–Crippen LogP) is 1.67. The number of likely N-dealkylation sites (N-methyl/N-ethyl adjacent to an activating group) is 2. The van der Waals surface area contributed by atoms with E-state index in [1.807, 2.05) is 24.3 Å². The fraction of sp³-hybridized carbons (Fsp3) is 0.600. The van der Waals surface area contributed by atoms with Crippen LogP contribution in [0.2, 0.25) is 0 Å². The summed E-state index contributed by atoms with van der Waals surface area (Å²) in [6, 6.07) is 8.24. The molecule has 0 bridgehead atoms. The number of piperidine rings is 1. The zero-order valence-electron chi connectivity index (χ0n) is 12.0. The molecule has 0 aliphatic carbocycles. The summed E-state index contributed by atoms with van der Waals surface area (Å²) in [7, 11) is 4.39. The van der Waals surface area contributed by atoms with Crippen LogP contribution in [0.15, 0.2) is 24.3 Å². The highest BCUT2D eigenvalue weighted by atomic mass is 16.5. The van der Waals surface area contributed by atoms with Gasteiger partial charge in [0, 0.05) is 24.8 Å². The summed E-state index contributed by atoms with van der Waals surface area (Å²) in [5, 5.41) is 0. The molecule has 4 heteroatoms. The second-order valence-electron chi connectivity index (χ2n) is 5.46. The Balaban J connectivity index is 1.71. The Hall–Kier alpha value is -1.26. The molecule has 19 heavy (non-hydrogen) atoms. The summed E-state index contributed by atoms with van der Waals surface area (Å²) >= 11 is 0. The molecule has 1 atom stereocenters. The summed E-state index contributed by atoms with van der Waals surface area (Å²) in [6.45, 7) is 4.08. The standard InChI is InChI=1S/C15H25N3O/c1-17-9-3-4-14(12-17)18(2)10-11-19-15-7-5-13(16)6-8-15/h5-8,14H,3-4,9-12,16H2,1-2H3. The number of nitrogens with two attached hydrogens (primary N) is 1. The highest BCUT2D eigenvalue weighted by Gasteiger charge is 2.20. The minimum atomic E-state index is 0.661. The molecule has 1 aromatic carbocycles. The molecule has 1 aromatic rings. The molecular weight excluding hydrogens is 238 g/mol. The van der Waals surface area contributed by atoms with Crippen molar-refractivity contribution in [1.29, 1.82) is 0 Å². The Morgan fingerprint density at radius 1 is 1.37 bits per heavy atom. The van der Waals surface area contributed by atoms with Crippen molar-refractivity contribution in [2.24, 2.45) is 0 Å². The Morgan fingerprint density at radius 2 is 2.11 bits per heavy atom. The van der Waals surface area contributed by atoms with E-state index in [1.165, 1.54) is 25.9 Å². The number of benzene rings is 1. The van der Waals surface area contributed by atoms with Crippen molar-refractivity contribution in [3.05, 3.63) is 24.3 Å². The zero-order valence-corrected chi connectivity index (χ0v) is 12.0. The number of likely N-dealkylation sites (tertiary alicyclic amines) is 1. The van der Waals surface area contributed by atoms with Crippen molar-refractivity contribution in [2.45, 2.75) is 18.9 Å². The quantitative estimate of drug-likeness (QED) is 0.821. The molecule has 0 saturated carbocycles. The van der Waals surface area contributed by atoms with Gasteiger partial charge in [-0.25, -0.2) is 0 Å². The highest BCUT2D eigenvalue weighted by molar-refractivity contribution is 5.41. The van der Waals surface area contributed by atoms with Crippen LogP contribution in [0.1, 0.15) is 12.8 Å². The maximum Gasteiger partial charge on any atom is 0.119 e. The topological polar surface area (TPSA) is 41.7 Å². The average Bonchev–Trinajstić information content (AvgIpc) is 2.41. The first-order chi connectivity index (χ1) is 9.15. The van der Waals surface area contributed by atoms with E-state index in [0.29, 0.717) is 6.04 Å². The van der Waals surface area contributed by atoms with Gasteiger partial charge >= 0.3 is 0 Å². The van der Waals surface area contributed by atoms with Crippen LogP contribution in [-0.4, -0.2) is 56.2 Å². The summed E-state index contributed by atoms with van der Waals surface area (Å²) in [4.78, 5) is 4.82. The van der Waals surface area contributed by atoms with Crippen molar-refractivity contribution in [1.82, 2.24) is 9.80 Å². The fourth-order valence-electron chi connectivity index (χ4n) is 2.55. The molecule has 1 unspecified atom stereocenters. The summed E-state index contributed by atoms with van der Waals surface area (Å²) < 4.78 is 5.74. The third-order valence-electron chi connectivity index (χ3n) is 3.82. The van der Waals surface area contributed by atoms with Crippen molar-refractivity contribution >= 4 is 5.69 Å². The number of anilines is 1. The minimum Gasteiger partial charge on any atom is -0.492 e. The second kappa shape index (κ2) is 6.78. The van der Waals surface area contributed by atoms with Crippen molar-refractivity contribution in [3.63, 3.8) is 0 Å². The van der Waals surface area contributed by atoms with Gasteiger partial charge in [-0.1, -0.05) is 0 Å². The summed E-state index contributed by atoms with van der Waals surface area (Å²) in [6.07, 6.45) is 2.59. The monoisotopic (exact) mass is 263 g/mol. The maximum atomic E-state index is 5.74. The van der Waals surface area contributed by atoms with E-state index in [4.69, 9.17) is 10.5 Å². The van der Waals surface area contributed by atoms with E-state index in [2.05, 4.69) is 23.9 Å². The van der Waals surface area contributed by atoms with Gasteiger partial charge in [0.2, 0.25) is 0 Å². The van der Waals surface area contributed by atoms with Crippen LogP contribution in [0.4, 0.5) is 5.69 Å². The van der Waals surface area contributed by atoms with E-state index in [-0.39, 0.29) is 0 Å². The molecule has 0 radical (unpaired) electrons. The smallest absolute Gasteiger partial charge is 0.119 e. The van der Waals surface area contributed by atoms with E-state index < -0.39 is 0 Å². The molecule has 0 amide bonds. The molecule has 4 nitrogen and oxygen atoms in total. The molecule has 106 valence electrons. The number of hydrogen-bond acceptors (Lipinski definition) is 4. The minimum absolute atomic E-state index is 0.661. The van der Waals surface area contributed by atoms with Crippen molar-refractivity contribution in [2.75, 3.05) is 46.1 Å². The Morgan fingerprint density at radius 3 is 2.79 bits per heavy atom. The maximum absolute atomic E-state index is 5.74. The van der Waals surface area contributed by atoms with Gasteiger partial charge < -0.3 is 15.4 Å². The molecule has 1 fully saturated rings. The molecule has 2 rings (SSSR count). The predicted molar refractivity (Wildman–Crippen MR) is 79.5 cm³/mol. The van der Waals surface area contributed by atoms with Crippen molar-refractivity contribution < 1.29 is 4.74 Å². The fourth-order valence-corrected chi connectivity index (χ4v) is 2.55. The van der Waals surface area contributed by atoms with Crippen LogP contribution >= 0.6 is 0 Å². The average molecular weight is 263 g/mol. The lowest BCUT2D eigenvalue weighted by molar-refractivity contribution is 0.119. The van der Waals surface area contributed by atoms with Gasteiger partial charge in [0.05, 0.1) is 0 Å². The second-order valence-corrected chi connectivity index (χ2v) is 5.46. The summed E-state index contributed by atoms with van der Waals surface area (Å²) in [5.41, 5.74) is 6.42. The van der Waals surface area contributed by atoms with Gasteiger partial charge in [0.15, 0.2) is 0 Å². The van der Waals surface area contributed by atoms with Crippen LogP contribution in [0.5, 0.6) is 5.75 Å². The lowest BCUT2D eigenvalue weighted by atomic mass is 10.1. The first-order valence-electron chi connectivity index (χ1n) is 7.02. The number of nitrogen functional groups attached to an aromatic ring is 1. The van der Waals surface area contributed by atoms with E-state index in [9.17, 15) is 0 Å². The number of rotatable bonds is 5. The lowest BCUT2D eigenvalue weighted by Crippen LogP contribution is -2.46. The molecule has 1 heterocycles. The van der Waals surface area contributed by atoms with Crippen LogP contribution in [0.3, 0.4) is 0 Å². The van der Waals surface area contributed by atoms with Crippen LogP contribution in [0, 0.1) is 0 Å². The number of hydrogen-bond donors (Lipinski definition) is 1. The Kier molecular flexibility index (Phi) is 5.05. The van der Waals surface area contributed by atoms with Crippen LogP contribution in [0.25, 0.3) is 0 Å². The van der Waals surface area contributed by atoms with Crippen LogP contribution < -0.4 is 10.5 Å². The highest BCUT2D eigenvalue weighted by Crippen LogP contribution is 2.15. The normalized spacial score (nSPS) is 20.7. The lowest BCUT2D eigenvalue weighted by Gasteiger charge is -2.35. The zero-order chi connectivity index (χ0) is 13.7. The van der Waals surface area contributed by atoms with E-state index in [0.717, 1.165) is 24.6 Å². The molecule has 2 N–H and O–H groups in total. The summed E-state index contributed by atoms with van der Waals surface area (Å²) in [5.74, 6) is 0.892. The van der Waals surface area contributed by atoms with E-state index in [1.54, 1.807) is 0 Å². The Labute approximate surface area is 116 Å². The molecular formula is C15H25N3O. The van der Waals surface area contributed by atoms with Gasteiger partial charge in [-0.15, -0.1) is 0 Å². The third kappa shape index (κ3) is 4.40. The Bertz CT molecular complexity index is 379. The van der Waals surface area contributed by atoms with Gasteiger partial charge in [-0.3, -0.25) is 4.90 Å². The molecule has 0 aromatic heterocycles. The van der Waals surface area contributed by atoms with Crippen molar-refractivity contribution in [3.8, 4) is 5.75 Å². The molecule has 1 aliphatic rings. The molecule has 1 saturated heterocycles. The number of nitrogens with zero attached hydrogens (tertiary/aromatic N) is 2. The van der Waals surface area contributed by atoms with Crippen LogP contribution in [-0.2, 0) is 0 Å². The SMILES string of the molecule is CN1CCCC(N(C)CCOc2ccc(N)cc2)C1. The van der Waals surface area contributed by atoms with Gasteiger partial charge in [0.25, 0.3) is 0 Å². The van der Waals surface area contributed by atoms with E-state index >= 15 is 0 Å². The third-order valence-corrected chi connectivity index (χ3v) is 3.82. The first-order valence-corrected chi connectivity index (χ1v) is 7.02. The van der Waals surface area contributed by atoms with Gasteiger partial charge in [-0.05, 0) is 57.7 Å². The first kappa shape index (κ1) is 14.2. The molecule has 1 aliphatic heterocycles. The number of ether oxygens (including phenoxy) is 1. The largest absolute Gasteiger partial charge is 0.492 e. The van der Waals surface area contributed by atoms with Gasteiger partial charge in [0.1, 0.15) is 12.4 Å².